The van der Waals surface area contributed by atoms with Crippen LogP contribution in [0.5, 0.6) is 0 Å². The fourth-order valence-electron chi connectivity index (χ4n) is 3.59. The van der Waals surface area contributed by atoms with Gasteiger partial charge in [-0.1, -0.05) is 72.8 Å². The largest absolute Gasteiger partial charge is 0.389 e. The monoisotopic (exact) mass is 400 g/mol. The van der Waals surface area contributed by atoms with Gasteiger partial charge in [0, 0.05) is 5.39 Å². The molecule has 2 atom stereocenters. The lowest BCUT2D eigenvalue weighted by Crippen LogP contribution is -2.31. The van der Waals surface area contributed by atoms with E-state index in [1.807, 2.05) is 79.7 Å². The summed E-state index contributed by atoms with van der Waals surface area (Å²) in [6, 6.07) is 25.3. The molecule has 5 heteroatoms. The van der Waals surface area contributed by atoms with Crippen LogP contribution in [0.4, 0.5) is 0 Å². The third kappa shape index (κ3) is 4.32. The molecule has 1 heterocycles. The molecule has 152 valence electrons. The number of ether oxygens (including phenoxy) is 1. The Hall–Kier alpha value is -3.28. The van der Waals surface area contributed by atoms with Crippen molar-refractivity contribution in [1.29, 1.82) is 0 Å². The molecule has 0 saturated carbocycles. The minimum Gasteiger partial charge on any atom is -0.389 e. The Morgan fingerprint density at radius 2 is 1.67 bits per heavy atom. The summed E-state index contributed by atoms with van der Waals surface area (Å²) >= 11 is 0. The minimum atomic E-state index is -0.869. The van der Waals surface area contributed by atoms with Gasteiger partial charge in [0.15, 0.2) is 0 Å². The fraction of sp³-hybridized carbons (Fsp3) is 0.200. The zero-order valence-corrected chi connectivity index (χ0v) is 16.8. The molecule has 0 bridgehead atoms. The van der Waals surface area contributed by atoms with Crippen LogP contribution >= 0.6 is 0 Å². The number of fused-ring (bicyclic) bond motifs is 1. The Labute approximate surface area is 175 Å². The fourth-order valence-corrected chi connectivity index (χ4v) is 3.59. The highest BCUT2D eigenvalue weighted by Crippen LogP contribution is 2.28. The topological polar surface area (TPSA) is 64.3 Å². The predicted molar refractivity (Wildman–Crippen MR) is 117 cm³/mol. The van der Waals surface area contributed by atoms with E-state index in [4.69, 9.17) is 4.74 Å². The van der Waals surface area contributed by atoms with E-state index >= 15 is 0 Å². The number of rotatable bonds is 7. The number of nitrogens with zero attached hydrogens (tertiary/aromatic N) is 2. The van der Waals surface area contributed by atoms with Crippen LogP contribution in [0.2, 0.25) is 0 Å². The second-order valence-corrected chi connectivity index (χ2v) is 7.35. The number of aliphatic hydroxyl groups excluding tert-OH is 1. The first-order valence-corrected chi connectivity index (χ1v) is 9.98. The van der Waals surface area contributed by atoms with Gasteiger partial charge in [-0.05, 0) is 29.7 Å². The van der Waals surface area contributed by atoms with Gasteiger partial charge in [-0.25, -0.2) is 4.68 Å². The second kappa shape index (κ2) is 9.03. The van der Waals surface area contributed by atoms with Crippen LogP contribution in [-0.4, -0.2) is 27.6 Å². The third-order valence-electron chi connectivity index (χ3n) is 5.17. The van der Waals surface area contributed by atoms with Crippen molar-refractivity contribution in [2.45, 2.75) is 25.7 Å². The van der Waals surface area contributed by atoms with Crippen LogP contribution in [0.25, 0.3) is 10.8 Å². The average molecular weight is 400 g/mol. The summed E-state index contributed by atoms with van der Waals surface area (Å²) < 4.78 is 7.46. The first-order chi connectivity index (χ1) is 14.6. The standard InChI is InChI=1S/C25H24N2O3/c1-18-9-5-7-13-22(18)24(19-10-3-2-4-11-19)30-17-21(28)16-27-25(29)23-14-8-6-12-20(23)15-26-27/h2-15,21,24,28H,16-17H2,1H3/t21-,24+/m1/s1. The zero-order chi connectivity index (χ0) is 20.9. The molecule has 4 rings (SSSR count). The van der Waals surface area contributed by atoms with Gasteiger partial charge in [0.1, 0.15) is 6.10 Å². The Morgan fingerprint density at radius 1 is 0.967 bits per heavy atom. The first-order valence-electron chi connectivity index (χ1n) is 9.98. The predicted octanol–water partition coefficient (Wildman–Crippen LogP) is 3.87. The molecule has 0 unspecified atom stereocenters. The molecule has 4 aromatic rings. The normalized spacial score (nSPS) is 13.3. The van der Waals surface area contributed by atoms with Crippen LogP contribution in [0, 0.1) is 6.92 Å². The maximum atomic E-state index is 12.6. The van der Waals surface area contributed by atoms with E-state index in [0.29, 0.717) is 5.39 Å². The molecule has 0 saturated heterocycles. The van der Waals surface area contributed by atoms with E-state index < -0.39 is 6.10 Å². The van der Waals surface area contributed by atoms with Gasteiger partial charge in [-0.3, -0.25) is 4.79 Å². The average Bonchev–Trinajstić information content (AvgIpc) is 2.78. The molecular weight excluding hydrogens is 376 g/mol. The van der Waals surface area contributed by atoms with Crippen molar-refractivity contribution < 1.29 is 9.84 Å². The number of aryl methyl sites for hydroxylation is 1. The first kappa shape index (κ1) is 20.0. The van der Waals surface area contributed by atoms with Crippen molar-refractivity contribution in [3.8, 4) is 0 Å². The summed E-state index contributed by atoms with van der Waals surface area (Å²) in [6.07, 6.45) is 0.472. The summed E-state index contributed by atoms with van der Waals surface area (Å²) in [5.74, 6) is 0. The maximum Gasteiger partial charge on any atom is 0.274 e. The van der Waals surface area contributed by atoms with Crippen molar-refractivity contribution in [2.24, 2.45) is 0 Å². The van der Waals surface area contributed by atoms with Crippen molar-refractivity contribution in [3.63, 3.8) is 0 Å². The molecule has 0 radical (unpaired) electrons. The quantitative estimate of drug-likeness (QED) is 0.511. The van der Waals surface area contributed by atoms with Gasteiger partial charge in [-0.2, -0.15) is 5.10 Å². The Morgan fingerprint density at radius 3 is 2.47 bits per heavy atom. The molecule has 0 spiro atoms. The van der Waals surface area contributed by atoms with Crippen LogP contribution < -0.4 is 5.56 Å². The number of aromatic nitrogens is 2. The number of aliphatic hydroxyl groups is 1. The smallest absolute Gasteiger partial charge is 0.274 e. The van der Waals surface area contributed by atoms with Gasteiger partial charge in [0.25, 0.3) is 5.56 Å². The summed E-state index contributed by atoms with van der Waals surface area (Å²) in [7, 11) is 0. The van der Waals surface area contributed by atoms with Crippen molar-refractivity contribution in [2.75, 3.05) is 6.61 Å². The third-order valence-corrected chi connectivity index (χ3v) is 5.17. The molecule has 0 aliphatic carbocycles. The molecule has 5 nitrogen and oxygen atoms in total. The maximum absolute atomic E-state index is 12.6. The molecule has 3 aromatic carbocycles. The number of hydrogen-bond acceptors (Lipinski definition) is 4. The van der Waals surface area contributed by atoms with Crippen LogP contribution in [0.3, 0.4) is 0 Å². The molecule has 30 heavy (non-hydrogen) atoms. The highest BCUT2D eigenvalue weighted by molar-refractivity contribution is 5.80. The highest BCUT2D eigenvalue weighted by atomic mass is 16.5. The molecule has 0 fully saturated rings. The van der Waals surface area contributed by atoms with Gasteiger partial charge in [0.2, 0.25) is 0 Å². The lowest BCUT2D eigenvalue weighted by atomic mass is 9.97. The Kier molecular flexibility index (Phi) is 6.02. The molecular formula is C25H24N2O3. The highest BCUT2D eigenvalue weighted by Gasteiger charge is 2.19. The molecule has 0 aliphatic rings. The van der Waals surface area contributed by atoms with Crippen LogP contribution in [0.1, 0.15) is 22.8 Å². The van der Waals surface area contributed by atoms with E-state index in [-0.39, 0.29) is 24.8 Å². The lowest BCUT2D eigenvalue weighted by Gasteiger charge is -2.22. The lowest BCUT2D eigenvalue weighted by molar-refractivity contribution is -0.00258. The van der Waals surface area contributed by atoms with Crippen molar-refractivity contribution in [1.82, 2.24) is 9.78 Å². The molecule has 0 aliphatic heterocycles. The van der Waals surface area contributed by atoms with E-state index in [1.165, 1.54) is 4.68 Å². The molecule has 1 aromatic heterocycles. The van der Waals surface area contributed by atoms with Crippen molar-refractivity contribution in [3.05, 3.63) is 112 Å². The summed E-state index contributed by atoms with van der Waals surface area (Å²) in [4.78, 5) is 12.6. The summed E-state index contributed by atoms with van der Waals surface area (Å²) in [5.41, 5.74) is 2.97. The Balaban J connectivity index is 1.52. The SMILES string of the molecule is Cc1ccccc1[C@@H](OC[C@H](O)Cn1ncc2ccccc2c1=O)c1ccccc1. The van der Waals surface area contributed by atoms with Gasteiger partial charge in [0.05, 0.1) is 30.8 Å². The number of hydrogen-bond donors (Lipinski definition) is 1. The Bertz CT molecular complexity index is 1190. The van der Waals surface area contributed by atoms with Gasteiger partial charge in [-0.15, -0.1) is 0 Å². The van der Waals surface area contributed by atoms with E-state index in [1.54, 1.807) is 12.3 Å². The number of benzene rings is 3. The van der Waals surface area contributed by atoms with Gasteiger partial charge >= 0.3 is 0 Å². The summed E-state index contributed by atoms with van der Waals surface area (Å²) in [6.45, 7) is 2.19. The molecule has 1 N–H and O–H groups in total. The van der Waals surface area contributed by atoms with E-state index in [0.717, 1.165) is 22.1 Å². The summed E-state index contributed by atoms with van der Waals surface area (Å²) in [5, 5.41) is 16.2. The molecule has 0 amide bonds. The zero-order valence-electron chi connectivity index (χ0n) is 16.8. The van der Waals surface area contributed by atoms with Crippen molar-refractivity contribution >= 4 is 10.8 Å². The van der Waals surface area contributed by atoms with Gasteiger partial charge < -0.3 is 9.84 Å². The van der Waals surface area contributed by atoms with Crippen LogP contribution in [0.15, 0.2) is 89.9 Å². The second-order valence-electron chi connectivity index (χ2n) is 7.35. The van der Waals surface area contributed by atoms with E-state index in [9.17, 15) is 9.90 Å². The van der Waals surface area contributed by atoms with Crippen LogP contribution in [-0.2, 0) is 11.3 Å². The minimum absolute atomic E-state index is 0.0684. The van der Waals surface area contributed by atoms with E-state index in [2.05, 4.69) is 5.10 Å².